The zero-order chi connectivity index (χ0) is 14.1. The number of nitrogens with one attached hydrogen (secondary N) is 1. The molecule has 0 amide bonds. The number of rotatable bonds is 3. The Hall–Kier alpha value is -2.21. The summed E-state index contributed by atoms with van der Waals surface area (Å²) in [5.41, 5.74) is 7.04. The zero-order valence-electron chi connectivity index (χ0n) is 10.8. The quantitative estimate of drug-likeness (QED) is 0.832. The van der Waals surface area contributed by atoms with Gasteiger partial charge in [-0.2, -0.15) is 5.10 Å². The first-order chi connectivity index (χ1) is 9.66. The Labute approximate surface area is 115 Å². The molecule has 0 bridgehead atoms. The third-order valence-electron chi connectivity index (χ3n) is 3.52. The van der Waals surface area contributed by atoms with Gasteiger partial charge in [0.1, 0.15) is 11.6 Å². The van der Waals surface area contributed by atoms with Gasteiger partial charge < -0.3 is 11.1 Å². The molecule has 1 fully saturated rings. The lowest BCUT2D eigenvalue weighted by Gasteiger charge is -2.09. The average Bonchev–Trinajstić information content (AvgIpc) is 3.09. The van der Waals surface area contributed by atoms with Crippen LogP contribution in [0.5, 0.6) is 0 Å². The molecule has 0 aliphatic carbocycles. The summed E-state index contributed by atoms with van der Waals surface area (Å²) in [5, 5.41) is 7.28. The predicted octanol–water partition coefficient (Wildman–Crippen LogP) is 1.53. The Morgan fingerprint density at radius 1 is 1.40 bits per heavy atom. The summed E-state index contributed by atoms with van der Waals surface area (Å²) in [6.45, 7) is 0.850. The minimum Gasteiger partial charge on any atom is -0.383 e. The number of Topliss-reactive ketones (excluding diaryl/α,β-unsaturated/α-hetero) is 1. The van der Waals surface area contributed by atoms with Crippen LogP contribution in [0.15, 0.2) is 30.5 Å². The molecule has 2 heterocycles. The van der Waals surface area contributed by atoms with Crippen molar-refractivity contribution in [3.63, 3.8) is 0 Å². The number of benzene rings is 1. The number of aromatic nitrogens is 2. The van der Waals surface area contributed by atoms with Crippen LogP contribution in [0.4, 0.5) is 10.2 Å². The van der Waals surface area contributed by atoms with E-state index < -0.39 is 0 Å². The van der Waals surface area contributed by atoms with Gasteiger partial charge in [0.25, 0.3) is 0 Å². The summed E-state index contributed by atoms with van der Waals surface area (Å²) in [6.07, 6.45) is 3.28. The third kappa shape index (κ3) is 2.18. The van der Waals surface area contributed by atoms with E-state index in [0.29, 0.717) is 11.3 Å². The highest BCUT2D eigenvalue weighted by atomic mass is 19.1. The van der Waals surface area contributed by atoms with E-state index in [2.05, 4.69) is 10.4 Å². The lowest BCUT2D eigenvalue weighted by molar-refractivity contribution is 0.0953. The van der Waals surface area contributed by atoms with Crippen LogP contribution >= 0.6 is 0 Å². The monoisotopic (exact) mass is 274 g/mol. The number of nitrogens with two attached hydrogens (primary N) is 1. The SMILES string of the molecule is Nc1c(C(=O)C2CCCN2)cnn1-c1ccc(F)cc1. The van der Waals surface area contributed by atoms with E-state index in [1.54, 1.807) is 12.1 Å². The molecule has 1 unspecified atom stereocenters. The van der Waals surface area contributed by atoms with Gasteiger partial charge in [-0.3, -0.25) is 4.79 Å². The minimum atomic E-state index is -0.328. The summed E-state index contributed by atoms with van der Waals surface area (Å²) in [6, 6.07) is 5.62. The molecule has 3 rings (SSSR count). The molecule has 3 N–H and O–H groups in total. The maximum atomic E-state index is 12.9. The van der Waals surface area contributed by atoms with Crippen molar-refractivity contribution >= 4 is 11.6 Å². The van der Waals surface area contributed by atoms with Gasteiger partial charge in [-0.05, 0) is 43.7 Å². The van der Waals surface area contributed by atoms with Crippen molar-refractivity contribution < 1.29 is 9.18 Å². The summed E-state index contributed by atoms with van der Waals surface area (Å²) in [7, 11) is 0. The number of halogens is 1. The summed E-state index contributed by atoms with van der Waals surface area (Å²) < 4.78 is 14.4. The molecule has 1 aliphatic heterocycles. The van der Waals surface area contributed by atoms with E-state index in [0.717, 1.165) is 19.4 Å². The maximum absolute atomic E-state index is 12.9. The molecule has 0 spiro atoms. The van der Waals surface area contributed by atoms with Gasteiger partial charge in [-0.25, -0.2) is 9.07 Å². The molecule has 1 aromatic carbocycles. The van der Waals surface area contributed by atoms with E-state index in [-0.39, 0.29) is 23.5 Å². The highest BCUT2D eigenvalue weighted by Crippen LogP contribution is 2.21. The predicted molar refractivity (Wildman–Crippen MR) is 73.3 cm³/mol. The second-order valence-corrected chi connectivity index (χ2v) is 4.84. The van der Waals surface area contributed by atoms with Gasteiger partial charge >= 0.3 is 0 Å². The second kappa shape index (κ2) is 5.05. The van der Waals surface area contributed by atoms with E-state index in [4.69, 9.17) is 5.73 Å². The fraction of sp³-hybridized carbons (Fsp3) is 0.286. The van der Waals surface area contributed by atoms with Gasteiger partial charge in [0.2, 0.25) is 0 Å². The van der Waals surface area contributed by atoms with Crippen LogP contribution < -0.4 is 11.1 Å². The van der Waals surface area contributed by atoms with Gasteiger partial charge in [-0.1, -0.05) is 0 Å². The molecule has 5 nitrogen and oxygen atoms in total. The number of hydrogen-bond acceptors (Lipinski definition) is 4. The molecule has 6 heteroatoms. The Kier molecular flexibility index (Phi) is 3.23. The van der Waals surface area contributed by atoms with Crippen molar-refractivity contribution in [1.29, 1.82) is 0 Å². The van der Waals surface area contributed by atoms with Gasteiger partial charge in [0, 0.05) is 0 Å². The first-order valence-electron chi connectivity index (χ1n) is 6.54. The smallest absolute Gasteiger partial charge is 0.185 e. The van der Waals surface area contributed by atoms with Crippen molar-refractivity contribution in [2.75, 3.05) is 12.3 Å². The molecular weight excluding hydrogens is 259 g/mol. The molecule has 1 atom stereocenters. The van der Waals surface area contributed by atoms with Crippen molar-refractivity contribution in [3.8, 4) is 5.69 Å². The molecule has 20 heavy (non-hydrogen) atoms. The first kappa shape index (κ1) is 12.8. The fourth-order valence-corrected chi connectivity index (χ4v) is 2.43. The van der Waals surface area contributed by atoms with Crippen molar-refractivity contribution in [3.05, 3.63) is 41.8 Å². The number of carbonyl (C=O) groups is 1. The number of hydrogen-bond donors (Lipinski definition) is 2. The first-order valence-corrected chi connectivity index (χ1v) is 6.54. The topological polar surface area (TPSA) is 72.9 Å². The highest BCUT2D eigenvalue weighted by molar-refractivity contribution is 6.03. The Bertz CT molecular complexity index is 629. The molecule has 1 aliphatic rings. The number of anilines is 1. The molecule has 104 valence electrons. The Morgan fingerprint density at radius 2 is 2.15 bits per heavy atom. The van der Waals surface area contributed by atoms with E-state index in [1.165, 1.54) is 23.0 Å². The van der Waals surface area contributed by atoms with Gasteiger partial charge in [0.05, 0.1) is 23.5 Å². The van der Waals surface area contributed by atoms with Crippen LogP contribution in [0, 0.1) is 5.82 Å². The van der Waals surface area contributed by atoms with Crippen LogP contribution in [0.2, 0.25) is 0 Å². The Morgan fingerprint density at radius 3 is 2.80 bits per heavy atom. The van der Waals surface area contributed by atoms with Gasteiger partial charge in [0.15, 0.2) is 5.78 Å². The highest BCUT2D eigenvalue weighted by Gasteiger charge is 2.26. The van der Waals surface area contributed by atoms with Crippen molar-refractivity contribution in [2.24, 2.45) is 0 Å². The fourth-order valence-electron chi connectivity index (χ4n) is 2.43. The lowest BCUT2D eigenvalue weighted by atomic mass is 10.1. The molecule has 0 radical (unpaired) electrons. The van der Waals surface area contributed by atoms with Crippen LogP contribution in [0.3, 0.4) is 0 Å². The van der Waals surface area contributed by atoms with Crippen LogP contribution in [-0.4, -0.2) is 28.2 Å². The van der Waals surface area contributed by atoms with Crippen molar-refractivity contribution in [1.82, 2.24) is 15.1 Å². The van der Waals surface area contributed by atoms with Crippen LogP contribution in [0.25, 0.3) is 5.69 Å². The van der Waals surface area contributed by atoms with Gasteiger partial charge in [-0.15, -0.1) is 0 Å². The standard InChI is InChI=1S/C14H15FN4O/c15-9-3-5-10(6-4-9)19-14(16)11(8-18-19)13(20)12-2-1-7-17-12/h3-6,8,12,17H,1-2,7,16H2. The largest absolute Gasteiger partial charge is 0.383 e. The van der Waals surface area contributed by atoms with Crippen LogP contribution in [0.1, 0.15) is 23.2 Å². The molecule has 1 aromatic heterocycles. The number of ketones is 1. The molecule has 0 saturated carbocycles. The number of nitrogen functional groups attached to an aromatic ring is 1. The second-order valence-electron chi connectivity index (χ2n) is 4.84. The third-order valence-corrected chi connectivity index (χ3v) is 3.52. The zero-order valence-corrected chi connectivity index (χ0v) is 10.8. The summed E-state index contributed by atoms with van der Waals surface area (Å²) >= 11 is 0. The summed E-state index contributed by atoms with van der Waals surface area (Å²) in [5.74, 6) is -0.0744. The number of carbonyl (C=O) groups excluding carboxylic acids is 1. The van der Waals surface area contributed by atoms with E-state index >= 15 is 0 Å². The summed E-state index contributed by atoms with van der Waals surface area (Å²) in [4.78, 5) is 12.3. The van der Waals surface area contributed by atoms with E-state index in [1.807, 2.05) is 0 Å². The maximum Gasteiger partial charge on any atom is 0.185 e. The number of nitrogens with zero attached hydrogens (tertiary/aromatic N) is 2. The normalized spacial score (nSPS) is 18.4. The Balaban J connectivity index is 1.92. The molecule has 2 aromatic rings. The average molecular weight is 274 g/mol. The molecular formula is C14H15FN4O. The molecule has 1 saturated heterocycles. The van der Waals surface area contributed by atoms with E-state index in [9.17, 15) is 9.18 Å². The van der Waals surface area contributed by atoms with Crippen LogP contribution in [-0.2, 0) is 0 Å². The minimum absolute atomic E-state index is 0.0339. The lowest BCUT2D eigenvalue weighted by Crippen LogP contribution is -2.31. The van der Waals surface area contributed by atoms with Crippen molar-refractivity contribution in [2.45, 2.75) is 18.9 Å².